The molecule has 0 atom stereocenters. The lowest BCUT2D eigenvalue weighted by atomic mass is 9.92. The standard InChI is InChI=1S/C19H27N5O/c1-19(2,3)17-10-18(25)24(14-20-17)13-15-5-8-23(9-6-15)12-16-4-7-21-22-11-16/h4,7,10-11,14-15H,5-6,8-9,12-13H2,1-3H3. The smallest absolute Gasteiger partial charge is 0.253 e. The van der Waals surface area contributed by atoms with Crippen molar-refractivity contribution in [1.29, 1.82) is 0 Å². The van der Waals surface area contributed by atoms with Gasteiger partial charge in [-0.2, -0.15) is 10.2 Å². The Kier molecular flexibility index (Phi) is 5.27. The summed E-state index contributed by atoms with van der Waals surface area (Å²) < 4.78 is 1.77. The van der Waals surface area contributed by atoms with Crippen LogP contribution in [0.25, 0.3) is 0 Å². The number of rotatable bonds is 4. The summed E-state index contributed by atoms with van der Waals surface area (Å²) in [5.74, 6) is 0.534. The van der Waals surface area contributed by atoms with Gasteiger partial charge in [0.1, 0.15) is 0 Å². The summed E-state index contributed by atoms with van der Waals surface area (Å²) in [5.41, 5.74) is 2.03. The van der Waals surface area contributed by atoms with E-state index in [2.05, 4.69) is 40.9 Å². The van der Waals surface area contributed by atoms with Crippen LogP contribution in [0.5, 0.6) is 0 Å². The lowest BCUT2D eigenvalue weighted by Crippen LogP contribution is -2.36. The van der Waals surface area contributed by atoms with Gasteiger partial charge in [0.15, 0.2) is 0 Å². The van der Waals surface area contributed by atoms with Crippen LogP contribution in [0.15, 0.2) is 35.6 Å². The van der Waals surface area contributed by atoms with Gasteiger partial charge in [-0.15, -0.1) is 0 Å². The fourth-order valence-corrected chi connectivity index (χ4v) is 3.25. The second-order valence-corrected chi connectivity index (χ2v) is 7.98. The molecule has 25 heavy (non-hydrogen) atoms. The summed E-state index contributed by atoms with van der Waals surface area (Å²) in [6.07, 6.45) is 7.49. The molecule has 1 fully saturated rings. The molecular weight excluding hydrogens is 314 g/mol. The SMILES string of the molecule is CC(C)(C)c1cc(=O)n(CC2CCN(Cc3ccnnc3)CC2)cn1. The van der Waals surface area contributed by atoms with Gasteiger partial charge in [0, 0.05) is 30.8 Å². The predicted molar refractivity (Wildman–Crippen MR) is 97.2 cm³/mol. The third-order valence-electron chi connectivity index (χ3n) is 4.86. The first kappa shape index (κ1) is 17.7. The van der Waals surface area contributed by atoms with E-state index in [0.29, 0.717) is 5.92 Å². The van der Waals surface area contributed by atoms with Gasteiger partial charge in [0.2, 0.25) is 0 Å². The minimum absolute atomic E-state index is 0.0604. The summed E-state index contributed by atoms with van der Waals surface area (Å²) in [6, 6.07) is 3.70. The maximum absolute atomic E-state index is 12.4. The number of hydrogen-bond acceptors (Lipinski definition) is 5. The maximum atomic E-state index is 12.4. The van der Waals surface area contributed by atoms with Crippen molar-refractivity contribution in [3.63, 3.8) is 0 Å². The van der Waals surface area contributed by atoms with Crippen molar-refractivity contribution in [1.82, 2.24) is 24.6 Å². The van der Waals surface area contributed by atoms with Crippen LogP contribution in [0.1, 0.15) is 44.9 Å². The number of nitrogens with zero attached hydrogens (tertiary/aromatic N) is 5. The zero-order chi connectivity index (χ0) is 17.9. The van der Waals surface area contributed by atoms with Crippen molar-refractivity contribution in [3.05, 3.63) is 52.5 Å². The van der Waals surface area contributed by atoms with Crippen LogP contribution in [0, 0.1) is 5.92 Å². The molecule has 0 amide bonds. The van der Waals surface area contributed by atoms with Crippen LogP contribution < -0.4 is 5.56 Å². The minimum atomic E-state index is -0.0919. The van der Waals surface area contributed by atoms with Gasteiger partial charge in [-0.1, -0.05) is 20.8 Å². The van der Waals surface area contributed by atoms with Crippen molar-refractivity contribution < 1.29 is 0 Å². The van der Waals surface area contributed by atoms with E-state index in [1.807, 2.05) is 12.3 Å². The van der Waals surface area contributed by atoms with Gasteiger partial charge in [-0.25, -0.2) is 4.98 Å². The molecule has 3 heterocycles. The first-order chi connectivity index (χ1) is 11.9. The molecule has 6 nitrogen and oxygen atoms in total. The average molecular weight is 341 g/mol. The Balaban J connectivity index is 1.55. The summed E-state index contributed by atoms with van der Waals surface area (Å²) in [7, 11) is 0. The van der Waals surface area contributed by atoms with Crippen molar-refractivity contribution in [3.8, 4) is 0 Å². The molecule has 1 saturated heterocycles. The van der Waals surface area contributed by atoms with Crippen LogP contribution in [0.2, 0.25) is 0 Å². The fourth-order valence-electron chi connectivity index (χ4n) is 3.25. The molecule has 0 saturated carbocycles. The number of likely N-dealkylation sites (tertiary alicyclic amines) is 1. The van der Waals surface area contributed by atoms with Gasteiger partial charge in [0.05, 0.1) is 18.2 Å². The molecule has 1 aliphatic heterocycles. The summed E-state index contributed by atoms with van der Waals surface area (Å²) in [6.45, 7) is 10.0. The van der Waals surface area contributed by atoms with E-state index in [1.54, 1.807) is 23.2 Å². The highest BCUT2D eigenvalue weighted by atomic mass is 16.1. The Morgan fingerprint density at radius 3 is 2.56 bits per heavy atom. The van der Waals surface area contributed by atoms with Gasteiger partial charge >= 0.3 is 0 Å². The second-order valence-electron chi connectivity index (χ2n) is 7.98. The van der Waals surface area contributed by atoms with Crippen molar-refractivity contribution in [2.75, 3.05) is 13.1 Å². The second kappa shape index (κ2) is 7.44. The van der Waals surface area contributed by atoms with E-state index >= 15 is 0 Å². The van der Waals surface area contributed by atoms with E-state index in [-0.39, 0.29) is 11.0 Å². The van der Waals surface area contributed by atoms with Gasteiger partial charge in [-0.05, 0) is 43.5 Å². The zero-order valence-corrected chi connectivity index (χ0v) is 15.4. The van der Waals surface area contributed by atoms with Crippen LogP contribution in [-0.2, 0) is 18.5 Å². The predicted octanol–water partition coefficient (Wildman–Crippen LogP) is 2.24. The molecule has 1 aliphatic rings. The Bertz CT molecular complexity index is 742. The maximum Gasteiger partial charge on any atom is 0.253 e. The average Bonchev–Trinajstić information content (AvgIpc) is 2.58. The Morgan fingerprint density at radius 1 is 1.20 bits per heavy atom. The molecule has 0 bridgehead atoms. The molecule has 2 aromatic rings. The molecule has 0 N–H and O–H groups in total. The third kappa shape index (κ3) is 4.72. The Labute approximate surface area is 148 Å². The number of aromatic nitrogens is 4. The molecular formula is C19H27N5O. The topological polar surface area (TPSA) is 63.9 Å². The van der Waals surface area contributed by atoms with E-state index in [4.69, 9.17) is 0 Å². The quantitative estimate of drug-likeness (QED) is 0.853. The van der Waals surface area contributed by atoms with E-state index in [0.717, 1.165) is 44.7 Å². The van der Waals surface area contributed by atoms with E-state index in [1.165, 1.54) is 5.56 Å². The normalized spacial score (nSPS) is 16.9. The number of piperidine rings is 1. The summed E-state index contributed by atoms with van der Waals surface area (Å²) in [4.78, 5) is 19.3. The molecule has 0 aromatic carbocycles. The van der Waals surface area contributed by atoms with Crippen molar-refractivity contribution >= 4 is 0 Å². The van der Waals surface area contributed by atoms with Crippen LogP contribution in [-0.4, -0.2) is 37.7 Å². The first-order valence-corrected chi connectivity index (χ1v) is 8.97. The fraction of sp³-hybridized carbons (Fsp3) is 0.579. The number of hydrogen-bond donors (Lipinski definition) is 0. The van der Waals surface area contributed by atoms with E-state index in [9.17, 15) is 4.79 Å². The molecule has 0 radical (unpaired) electrons. The third-order valence-corrected chi connectivity index (χ3v) is 4.86. The molecule has 0 spiro atoms. The van der Waals surface area contributed by atoms with Gasteiger partial charge in [0.25, 0.3) is 5.56 Å². The largest absolute Gasteiger partial charge is 0.299 e. The van der Waals surface area contributed by atoms with Crippen LogP contribution in [0.3, 0.4) is 0 Å². The minimum Gasteiger partial charge on any atom is -0.299 e. The zero-order valence-electron chi connectivity index (χ0n) is 15.4. The molecule has 0 aliphatic carbocycles. The molecule has 2 aromatic heterocycles. The Morgan fingerprint density at radius 2 is 1.96 bits per heavy atom. The van der Waals surface area contributed by atoms with Crippen LogP contribution in [0.4, 0.5) is 0 Å². The van der Waals surface area contributed by atoms with Crippen molar-refractivity contribution in [2.45, 2.75) is 52.1 Å². The van der Waals surface area contributed by atoms with Crippen molar-refractivity contribution in [2.24, 2.45) is 5.92 Å². The van der Waals surface area contributed by atoms with Crippen LogP contribution >= 0.6 is 0 Å². The summed E-state index contributed by atoms with van der Waals surface area (Å²) >= 11 is 0. The monoisotopic (exact) mass is 341 g/mol. The first-order valence-electron chi connectivity index (χ1n) is 8.97. The molecule has 134 valence electrons. The highest BCUT2D eigenvalue weighted by Crippen LogP contribution is 2.21. The lowest BCUT2D eigenvalue weighted by Gasteiger charge is -2.32. The highest BCUT2D eigenvalue weighted by Gasteiger charge is 2.21. The molecule has 6 heteroatoms. The highest BCUT2D eigenvalue weighted by molar-refractivity contribution is 5.10. The van der Waals surface area contributed by atoms with Gasteiger partial charge in [-0.3, -0.25) is 14.3 Å². The molecule has 3 rings (SSSR count). The Hall–Kier alpha value is -2.08. The molecule has 0 unspecified atom stereocenters. The van der Waals surface area contributed by atoms with E-state index < -0.39 is 0 Å². The van der Waals surface area contributed by atoms with Gasteiger partial charge < -0.3 is 0 Å². The summed E-state index contributed by atoms with van der Waals surface area (Å²) in [5, 5.41) is 7.75. The lowest BCUT2D eigenvalue weighted by molar-refractivity contribution is 0.166.